The number of nitrogens with two attached hydrogens (primary N) is 1. The molecule has 0 aliphatic rings. The predicted octanol–water partition coefficient (Wildman–Crippen LogP) is 1.49. The van der Waals surface area contributed by atoms with Crippen molar-refractivity contribution in [1.29, 1.82) is 0 Å². The first-order chi connectivity index (χ1) is 6.06. The average molecular weight is 220 g/mol. The first kappa shape index (κ1) is 10.6. The number of aromatic nitrogens is 2. The van der Waals surface area contributed by atoms with Crippen LogP contribution in [0.15, 0.2) is 5.16 Å². The molecule has 0 aliphatic heterocycles. The number of aliphatic hydroxyl groups is 1. The Morgan fingerprint density at radius 3 is 2.54 bits per heavy atom. The second kappa shape index (κ2) is 4.13. The fourth-order valence-corrected chi connectivity index (χ4v) is 1.67. The predicted molar refractivity (Wildman–Crippen MR) is 53.9 cm³/mol. The van der Waals surface area contributed by atoms with Crippen molar-refractivity contribution >= 4 is 29.2 Å². The lowest BCUT2D eigenvalue weighted by atomic mass is 10.2. The zero-order valence-corrected chi connectivity index (χ0v) is 8.85. The maximum absolute atomic E-state index is 9.30. The molecule has 1 aromatic rings. The van der Waals surface area contributed by atoms with E-state index in [-0.39, 0.29) is 11.0 Å². The fraction of sp³-hybridized carbons (Fsp3) is 0.429. The van der Waals surface area contributed by atoms with Gasteiger partial charge in [-0.15, -0.1) is 0 Å². The molecular weight excluding hydrogens is 210 g/mol. The van der Waals surface area contributed by atoms with Crippen LogP contribution >= 0.6 is 23.4 Å². The molecule has 0 saturated heterocycles. The van der Waals surface area contributed by atoms with Crippen LogP contribution in [0.25, 0.3) is 0 Å². The van der Waals surface area contributed by atoms with Crippen molar-refractivity contribution in [3.63, 3.8) is 0 Å². The lowest BCUT2D eigenvalue weighted by Gasteiger charge is -2.09. The molecular formula is C7H10ClN3OS. The number of halogens is 1. The number of nitrogen functional groups attached to an aromatic ring is 1. The molecule has 0 aromatic carbocycles. The molecule has 13 heavy (non-hydrogen) atoms. The molecule has 0 bridgehead atoms. The van der Waals surface area contributed by atoms with Gasteiger partial charge in [0.1, 0.15) is 11.0 Å². The third-order valence-electron chi connectivity index (χ3n) is 1.51. The smallest absolute Gasteiger partial charge is 0.190 e. The summed E-state index contributed by atoms with van der Waals surface area (Å²) in [6.07, 6.45) is 1.08. The summed E-state index contributed by atoms with van der Waals surface area (Å²) in [5, 5.41) is 10.0. The first-order valence-electron chi connectivity index (χ1n) is 3.61. The van der Waals surface area contributed by atoms with Gasteiger partial charge in [-0.05, 0) is 13.2 Å². The Bertz CT molecular complexity index is 296. The highest BCUT2D eigenvalue weighted by Crippen LogP contribution is 2.27. The molecule has 4 nitrogen and oxygen atoms in total. The zero-order chi connectivity index (χ0) is 10.0. The van der Waals surface area contributed by atoms with E-state index in [1.165, 1.54) is 11.8 Å². The second-order valence-electron chi connectivity index (χ2n) is 2.48. The number of hydrogen-bond acceptors (Lipinski definition) is 5. The first-order valence-corrected chi connectivity index (χ1v) is 5.21. The Morgan fingerprint density at radius 2 is 2.15 bits per heavy atom. The van der Waals surface area contributed by atoms with Gasteiger partial charge in [0.25, 0.3) is 0 Å². The highest BCUT2D eigenvalue weighted by Gasteiger charge is 2.14. The van der Waals surface area contributed by atoms with Gasteiger partial charge >= 0.3 is 0 Å². The van der Waals surface area contributed by atoms with Crippen LogP contribution in [0, 0.1) is 0 Å². The molecule has 0 fully saturated rings. The second-order valence-corrected chi connectivity index (χ2v) is 3.61. The Morgan fingerprint density at radius 1 is 1.54 bits per heavy atom. The molecule has 0 aliphatic carbocycles. The standard InChI is InChI=1S/C7H10ClN3OS/c1-3(12)4-5(8)10-7(13-2)11-6(4)9/h3,12H,1-2H3,(H2,9,10,11). The van der Waals surface area contributed by atoms with Crippen LogP contribution in [0.1, 0.15) is 18.6 Å². The Kier molecular flexibility index (Phi) is 3.35. The molecule has 72 valence electrons. The minimum atomic E-state index is -0.747. The van der Waals surface area contributed by atoms with Gasteiger partial charge in [-0.3, -0.25) is 0 Å². The van der Waals surface area contributed by atoms with Crippen LogP contribution in [0.2, 0.25) is 5.15 Å². The minimum absolute atomic E-state index is 0.215. The van der Waals surface area contributed by atoms with Crippen molar-refractivity contribution in [2.24, 2.45) is 0 Å². The van der Waals surface area contributed by atoms with Crippen molar-refractivity contribution in [3.05, 3.63) is 10.7 Å². The van der Waals surface area contributed by atoms with Crippen molar-refractivity contribution in [2.75, 3.05) is 12.0 Å². The normalized spacial score (nSPS) is 12.9. The lowest BCUT2D eigenvalue weighted by Crippen LogP contribution is -2.05. The van der Waals surface area contributed by atoms with Gasteiger partial charge in [-0.1, -0.05) is 23.4 Å². The number of thioether (sulfide) groups is 1. The van der Waals surface area contributed by atoms with Gasteiger partial charge < -0.3 is 10.8 Å². The van der Waals surface area contributed by atoms with Crippen LogP contribution in [0.3, 0.4) is 0 Å². The van der Waals surface area contributed by atoms with E-state index >= 15 is 0 Å². The maximum atomic E-state index is 9.30. The molecule has 6 heteroatoms. The van der Waals surface area contributed by atoms with E-state index in [9.17, 15) is 5.11 Å². The van der Waals surface area contributed by atoms with Crippen molar-refractivity contribution in [3.8, 4) is 0 Å². The molecule has 1 heterocycles. The maximum Gasteiger partial charge on any atom is 0.190 e. The van der Waals surface area contributed by atoms with Crippen LogP contribution in [0.5, 0.6) is 0 Å². The summed E-state index contributed by atoms with van der Waals surface area (Å²) in [4.78, 5) is 7.91. The molecule has 0 radical (unpaired) electrons. The molecule has 1 unspecified atom stereocenters. The SMILES string of the molecule is CSc1nc(N)c(C(C)O)c(Cl)n1. The summed E-state index contributed by atoms with van der Waals surface area (Å²) in [6.45, 7) is 1.57. The van der Waals surface area contributed by atoms with E-state index in [2.05, 4.69) is 9.97 Å². The van der Waals surface area contributed by atoms with Crippen LogP contribution in [-0.4, -0.2) is 21.3 Å². The van der Waals surface area contributed by atoms with Gasteiger partial charge in [-0.25, -0.2) is 9.97 Å². The molecule has 1 rings (SSSR count). The number of nitrogens with zero attached hydrogens (tertiary/aromatic N) is 2. The number of rotatable bonds is 2. The summed E-state index contributed by atoms with van der Waals surface area (Å²) in [5.41, 5.74) is 5.98. The van der Waals surface area contributed by atoms with E-state index in [1.54, 1.807) is 6.92 Å². The highest BCUT2D eigenvalue weighted by molar-refractivity contribution is 7.98. The van der Waals surface area contributed by atoms with E-state index in [0.29, 0.717) is 10.7 Å². The van der Waals surface area contributed by atoms with Gasteiger partial charge in [0.05, 0.1) is 11.7 Å². The summed E-state index contributed by atoms with van der Waals surface area (Å²) in [6, 6.07) is 0. The Labute approximate surface area is 85.5 Å². The minimum Gasteiger partial charge on any atom is -0.388 e. The Hall–Kier alpha value is -0.520. The summed E-state index contributed by atoms with van der Waals surface area (Å²) in [5.74, 6) is 0.236. The van der Waals surface area contributed by atoms with E-state index in [1.807, 2.05) is 6.26 Å². The topological polar surface area (TPSA) is 72.0 Å². The van der Waals surface area contributed by atoms with Gasteiger partial charge in [0.2, 0.25) is 0 Å². The zero-order valence-electron chi connectivity index (χ0n) is 7.28. The van der Waals surface area contributed by atoms with Gasteiger partial charge in [-0.2, -0.15) is 0 Å². The van der Waals surface area contributed by atoms with E-state index < -0.39 is 6.10 Å². The largest absolute Gasteiger partial charge is 0.388 e. The summed E-state index contributed by atoms with van der Waals surface area (Å²) in [7, 11) is 0. The van der Waals surface area contributed by atoms with Gasteiger partial charge in [0.15, 0.2) is 5.16 Å². The number of aliphatic hydroxyl groups excluding tert-OH is 1. The highest BCUT2D eigenvalue weighted by atomic mass is 35.5. The van der Waals surface area contributed by atoms with Crippen LogP contribution in [0.4, 0.5) is 5.82 Å². The molecule has 0 saturated carbocycles. The Balaban J connectivity index is 3.23. The number of hydrogen-bond donors (Lipinski definition) is 2. The fourth-order valence-electron chi connectivity index (χ4n) is 0.916. The lowest BCUT2D eigenvalue weighted by molar-refractivity contribution is 0.199. The summed E-state index contributed by atoms with van der Waals surface area (Å²) >= 11 is 7.15. The average Bonchev–Trinajstić information content (AvgIpc) is 2.02. The molecule has 1 aromatic heterocycles. The van der Waals surface area contributed by atoms with E-state index in [4.69, 9.17) is 17.3 Å². The third kappa shape index (κ3) is 2.24. The number of anilines is 1. The van der Waals surface area contributed by atoms with E-state index in [0.717, 1.165) is 0 Å². The van der Waals surface area contributed by atoms with Crippen molar-refractivity contribution in [1.82, 2.24) is 9.97 Å². The molecule has 0 spiro atoms. The van der Waals surface area contributed by atoms with Crippen LogP contribution < -0.4 is 5.73 Å². The van der Waals surface area contributed by atoms with Crippen molar-refractivity contribution in [2.45, 2.75) is 18.2 Å². The van der Waals surface area contributed by atoms with Crippen LogP contribution in [-0.2, 0) is 0 Å². The third-order valence-corrected chi connectivity index (χ3v) is 2.34. The quantitative estimate of drug-likeness (QED) is 0.448. The summed E-state index contributed by atoms with van der Waals surface area (Å²) < 4.78 is 0. The van der Waals surface area contributed by atoms with Gasteiger partial charge in [0, 0.05) is 0 Å². The van der Waals surface area contributed by atoms with Crippen molar-refractivity contribution < 1.29 is 5.11 Å². The monoisotopic (exact) mass is 219 g/mol. The molecule has 3 N–H and O–H groups in total. The molecule has 0 amide bonds. The molecule has 1 atom stereocenters.